The van der Waals surface area contributed by atoms with Crippen LogP contribution in [0.15, 0.2) is 72.8 Å². The molecule has 172 valence electrons. The highest BCUT2D eigenvalue weighted by molar-refractivity contribution is 8.00. The van der Waals surface area contributed by atoms with Crippen LogP contribution in [0.4, 0.5) is 0 Å². The van der Waals surface area contributed by atoms with Crippen molar-refractivity contribution in [2.75, 3.05) is 12.9 Å². The van der Waals surface area contributed by atoms with Gasteiger partial charge in [0.1, 0.15) is 12.4 Å². The van der Waals surface area contributed by atoms with Crippen molar-refractivity contribution in [3.63, 3.8) is 0 Å². The second kappa shape index (κ2) is 9.29. The van der Waals surface area contributed by atoms with E-state index in [4.69, 9.17) is 26.1 Å². The summed E-state index contributed by atoms with van der Waals surface area (Å²) in [6, 6.07) is 23.6. The number of benzene rings is 3. The van der Waals surface area contributed by atoms with Crippen LogP contribution in [0.5, 0.6) is 5.75 Å². The Balaban J connectivity index is 1.66. The Hall–Kier alpha value is -3.06. The fraction of sp³-hybridized carbons (Fsp3) is 0.185. The number of carboxylic acid groups (broad SMARTS) is 1. The number of nitrogens with zero attached hydrogens (tertiary/aromatic N) is 1. The topological polar surface area (TPSA) is 68.7 Å². The van der Waals surface area contributed by atoms with E-state index in [1.54, 1.807) is 7.11 Å². The van der Waals surface area contributed by atoms with Gasteiger partial charge in [-0.2, -0.15) is 0 Å². The number of hydrogen-bond acceptors (Lipinski definition) is 5. The Kier molecular flexibility index (Phi) is 6.21. The summed E-state index contributed by atoms with van der Waals surface area (Å²) in [5.41, 5.74) is 5.39. The smallest absolute Gasteiger partial charge is 0.304 e. The highest BCUT2D eigenvalue weighted by Crippen LogP contribution is 2.51. The molecule has 1 aliphatic rings. The average Bonchev–Trinajstić information content (AvgIpc) is 2.98. The largest absolute Gasteiger partial charge is 0.488 e. The minimum absolute atomic E-state index is 0.0304. The first-order valence-electron chi connectivity index (χ1n) is 10.8. The van der Waals surface area contributed by atoms with E-state index in [-0.39, 0.29) is 6.42 Å². The number of fused-ring (bicyclic) bond motifs is 3. The van der Waals surface area contributed by atoms with E-state index in [0.717, 1.165) is 38.9 Å². The summed E-state index contributed by atoms with van der Waals surface area (Å²) in [5, 5.41) is 10.9. The molecule has 1 aliphatic heterocycles. The first-order chi connectivity index (χ1) is 16.5. The average molecular weight is 492 g/mol. The minimum Gasteiger partial charge on any atom is -0.488 e. The summed E-state index contributed by atoms with van der Waals surface area (Å²) in [6.07, 6.45) is 0.0304. The van der Waals surface area contributed by atoms with Gasteiger partial charge in [-0.05, 0) is 48.0 Å². The van der Waals surface area contributed by atoms with Gasteiger partial charge in [0.15, 0.2) is 4.93 Å². The zero-order chi connectivity index (χ0) is 23.7. The lowest BCUT2D eigenvalue weighted by Crippen LogP contribution is -2.27. The number of halogens is 1. The van der Waals surface area contributed by atoms with E-state index in [1.165, 1.54) is 11.8 Å². The zero-order valence-corrected chi connectivity index (χ0v) is 20.0. The van der Waals surface area contributed by atoms with Gasteiger partial charge in [-0.15, -0.1) is 11.8 Å². The van der Waals surface area contributed by atoms with Crippen molar-refractivity contribution in [3.8, 4) is 17.0 Å². The van der Waals surface area contributed by atoms with Crippen LogP contribution in [-0.4, -0.2) is 28.9 Å². The van der Waals surface area contributed by atoms with Crippen molar-refractivity contribution in [1.82, 2.24) is 4.98 Å². The minimum atomic E-state index is -0.918. The number of carbonyl (C=O) groups is 1. The molecule has 4 aromatic rings. The number of ether oxygens (including phenoxy) is 2. The molecular formula is C27H22ClNO4S. The fourth-order valence-corrected chi connectivity index (χ4v) is 5.85. The highest BCUT2D eigenvalue weighted by Gasteiger charge is 2.41. The van der Waals surface area contributed by atoms with Gasteiger partial charge in [-0.1, -0.05) is 41.9 Å². The SMILES string of the molecule is COC1(SCCC(=O)O)c2ccccc2COc2ccc(-c3ccc4cc(Cl)ccc4n3)cc21. The van der Waals surface area contributed by atoms with Gasteiger partial charge in [0.25, 0.3) is 0 Å². The van der Waals surface area contributed by atoms with E-state index >= 15 is 0 Å². The van der Waals surface area contributed by atoms with Crippen molar-refractivity contribution in [1.29, 1.82) is 0 Å². The van der Waals surface area contributed by atoms with E-state index in [9.17, 15) is 9.90 Å². The summed E-state index contributed by atoms with van der Waals surface area (Å²) in [5.74, 6) is 0.249. The molecule has 0 saturated heterocycles. The van der Waals surface area contributed by atoms with Gasteiger partial charge in [0.2, 0.25) is 0 Å². The first kappa shape index (κ1) is 22.7. The summed E-state index contributed by atoms with van der Waals surface area (Å²) < 4.78 is 12.4. The fourth-order valence-electron chi connectivity index (χ4n) is 4.31. The molecule has 5 rings (SSSR count). The van der Waals surface area contributed by atoms with Crippen LogP contribution in [0.1, 0.15) is 23.1 Å². The molecule has 0 fully saturated rings. The predicted molar refractivity (Wildman–Crippen MR) is 135 cm³/mol. The van der Waals surface area contributed by atoms with Gasteiger partial charge in [0, 0.05) is 40.0 Å². The number of pyridine rings is 1. The quantitative estimate of drug-likeness (QED) is 0.310. The molecule has 0 saturated carbocycles. The number of carboxylic acids is 1. The maximum Gasteiger partial charge on any atom is 0.304 e. The molecule has 0 aliphatic carbocycles. The third kappa shape index (κ3) is 4.13. The van der Waals surface area contributed by atoms with Gasteiger partial charge in [0.05, 0.1) is 17.6 Å². The molecule has 0 spiro atoms. The Morgan fingerprint density at radius 1 is 1.12 bits per heavy atom. The molecule has 1 aromatic heterocycles. The highest BCUT2D eigenvalue weighted by atomic mass is 35.5. The molecule has 1 unspecified atom stereocenters. The van der Waals surface area contributed by atoms with Crippen molar-refractivity contribution in [2.45, 2.75) is 18.0 Å². The van der Waals surface area contributed by atoms with Crippen LogP contribution in [0.25, 0.3) is 22.2 Å². The number of rotatable bonds is 6. The molecule has 34 heavy (non-hydrogen) atoms. The third-order valence-electron chi connectivity index (χ3n) is 5.94. The molecule has 0 radical (unpaired) electrons. The maximum absolute atomic E-state index is 11.3. The molecule has 5 nitrogen and oxygen atoms in total. The number of aromatic nitrogens is 1. The molecule has 1 atom stereocenters. The molecule has 3 aromatic carbocycles. The monoisotopic (exact) mass is 491 g/mol. The second-order valence-corrected chi connectivity index (χ2v) is 9.71. The summed E-state index contributed by atoms with van der Waals surface area (Å²) in [7, 11) is 1.66. The van der Waals surface area contributed by atoms with Gasteiger partial charge in [-0.25, -0.2) is 4.98 Å². The van der Waals surface area contributed by atoms with Crippen LogP contribution in [0.3, 0.4) is 0 Å². The standard InChI is InChI=1S/C27H22ClNO4S/c1-32-27(34-13-12-26(30)31)21-5-3-2-4-19(21)16-33-25-11-7-18(15-22(25)27)23-9-6-17-14-20(28)8-10-24(17)29-23/h2-11,14-15H,12-13,16H2,1H3,(H,30,31). The van der Waals surface area contributed by atoms with E-state index in [1.807, 2.05) is 72.8 Å². The van der Waals surface area contributed by atoms with Crippen molar-refractivity contribution in [3.05, 3.63) is 94.5 Å². The molecular weight excluding hydrogens is 470 g/mol. The van der Waals surface area contributed by atoms with E-state index < -0.39 is 10.9 Å². The van der Waals surface area contributed by atoms with Crippen LogP contribution in [0.2, 0.25) is 5.02 Å². The molecule has 7 heteroatoms. The number of hydrogen-bond donors (Lipinski definition) is 1. The molecule has 0 bridgehead atoms. The van der Waals surface area contributed by atoms with Crippen LogP contribution >= 0.6 is 23.4 Å². The lowest BCUT2D eigenvalue weighted by molar-refractivity contribution is -0.136. The third-order valence-corrected chi connectivity index (χ3v) is 7.60. The van der Waals surface area contributed by atoms with E-state index in [0.29, 0.717) is 23.1 Å². The Morgan fingerprint density at radius 3 is 2.79 bits per heavy atom. The number of aliphatic carboxylic acids is 1. The Morgan fingerprint density at radius 2 is 1.97 bits per heavy atom. The van der Waals surface area contributed by atoms with Crippen molar-refractivity contribution >= 4 is 40.2 Å². The van der Waals surface area contributed by atoms with Crippen LogP contribution in [-0.2, 0) is 21.1 Å². The maximum atomic E-state index is 11.3. The summed E-state index contributed by atoms with van der Waals surface area (Å²) >= 11 is 7.59. The summed E-state index contributed by atoms with van der Waals surface area (Å²) in [4.78, 5) is 15.2. The number of methoxy groups -OCH3 is 1. The van der Waals surface area contributed by atoms with E-state index in [2.05, 4.69) is 0 Å². The lowest BCUT2D eigenvalue weighted by atomic mass is 9.94. The number of thioether (sulfide) groups is 1. The first-order valence-corrected chi connectivity index (χ1v) is 12.2. The van der Waals surface area contributed by atoms with Crippen molar-refractivity contribution in [2.24, 2.45) is 0 Å². The molecule has 2 heterocycles. The Bertz CT molecular complexity index is 1390. The molecule has 0 amide bonds. The lowest BCUT2D eigenvalue weighted by Gasteiger charge is -2.33. The van der Waals surface area contributed by atoms with Crippen molar-refractivity contribution < 1.29 is 19.4 Å². The zero-order valence-electron chi connectivity index (χ0n) is 18.5. The van der Waals surface area contributed by atoms with Crippen LogP contribution < -0.4 is 4.74 Å². The Labute approximate surface area is 206 Å². The van der Waals surface area contributed by atoms with Gasteiger partial charge < -0.3 is 14.6 Å². The van der Waals surface area contributed by atoms with Gasteiger partial charge in [-0.3, -0.25) is 4.79 Å². The molecule has 1 N–H and O–H groups in total. The normalized spacial score (nSPS) is 16.9. The second-order valence-electron chi connectivity index (χ2n) is 8.00. The van der Waals surface area contributed by atoms with Gasteiger partial charge >= 0.3 is 5.97 Å². The van der Waals surface area contributed by atoms with Crippen LogP contribution in [0, 0.1) is 0 Å². The predicted octanol–water partition coefficient (Wildman–Crippen LogP) is 6.50. The summed E-state index contributed by atoms with van der Waals surface area (Å²) in [6.45, 7) is 0.405.